The van der Waals surface area contributed by atoms with Crippen LogP contribution in [0, 0.1) is 11.3 Å². The fraction of sp³-hybridized carbons (Fsp3) is 0.133. The highest BCUT2D eigenvalue weighted by Gasteiger charge is 2.12. The van der Waals surface area contributed by atoms with Crippen molar-refractivity contribution in [1.82, 2.24) is 9.97 Å². The first-order valence-electron chi connectivity index (χ1n) is 6.92. The first-order chi connectivity index (χ1) is 11.5. The van der Waals surface area contributed by atoms with E-state index in [-0.39, 0.29) is 29.8 Å². The number of benzene rings is 1. The Bertz CT molecular complexity index is 814. The fourth-order valence-electron chi connectivity index (χ4n) is 1.89. The van der Waals surface area contributed by atoms with Crippen LogP contribution in [-0.2, 0) is 4.79 Å². The highest BCUT2D eigenvalue weighted by molar-refractivity contribution is 5.97. The monoisotopic (exact) mass is 325 g/mol. The molecule has 1 heterocycles. The number of hydrogen-bond donors (Lipinski definition) is 4. The smallest absolute Gasteiger partial charge is 0.254 e. The van der Waals surface area contributed by atoms with Crippen LogP contribution in [0.1, 0.15) is 17.3 Å². The summed E-state index contributed by atoms with van der Waals surface area (Å²) in [7, 11) is 0. The van der Waals surface area contributed by atoms with Gasteiger partial charge in [-0.05, 0) is 18.2 Å². The molecule has 2 rings (SSSR count). The van der Waals surface area contributed by atoms with E-state index >= 15 is 0 Å². The molecule has 122 valence electrons. The largest absolute Gasteiger partial charge is 0.365 e. The topological polar surface area (TPSA) is 146 Å². The van der Waals surface area contributed by atoms with E-state index in [9.17, 15) is 9.59 Å². The summed E-state index contributed by atoms with van der Waals surface area (Å²) in [4.78, 5) is 30.6. The summed E-state index contributed by atoms with van der Waals surface area (Å²) in [6.45, 7) is 1.38. The van der Waals surface area contributed by atoms with Gasteiger partial charge in [0.25, 0.3) is 5.91 Å². The summed E-state index contributed by atoms with van der Waals surface area (Å²) in [6, 6.07) is 8.85. The molecule has 0 radical (unpaired) electrons. The van der Waals surface area contributed by atoms with Gasteiger partial charge in [0, 0.05) is 24.5 Å². The van der Waals surface area contributed by atoms with Gasteiger partial charge in [0.1, 0.15) is 12.4 Å². The minimum Gasteiger partial charge on any atom is -0.365 e. The maximum absolute atomic E-state index is 11.4. The molecule has 1 aromatic heterocycles. The second-order valence-corrected chi connectivity index (χ2v) is 4.72. The molecule has 0 aliphatic carbocycles. The van der Waals surface area contributed by atoms with Crippen LogP contribution in [0.2, 0.25) is 0 Å². The zero-order chi connectivity index (χ0) is 17.5. The summed E-state index contributed by atoms with van der Waals surface area (Å²) in [5.41, 5.74) is 6.59. The Morgan fingerprint density at radius 3 is 2.75 bits per heavy atom. The quantitative estimate of drug-likeness (QED) is 0.584. The van der Waals surface area contributed by atoms with Crippen molar-refractivity contribution in [1.29, 1.82) is 5.26 Å². The van der Waals surface area contributed by atoms with Crippen molar-refractivity contribution in [2.45, 2.75) is 6.92 Å². The molecule has 5 N–H and O–H groups in total. The number of nitrogens with two attached hydrogens (primary N) is 1. The van der Waals surface area contributed by atoms with E-state index in [4.69, 9.17) is 11.0 Å². The van der Waals surface area contributed by atoms with Crippen LogP contribution in [0.4, 0.5) is 23.1 Å². The van der Waals surface area contributed by atoms with Crippen molar-refractivity contribution in [3.8, 4) is 6.07 Å². The van der Waals surface area contributed by atoms with Gasteiger partial charge in [-0.25, -0.2) is 4.98 Å². The van der Waals surface area contributed by atoms with Crippen LogP contribution >= 0.6 is 0 Å². The van der Waals surface area contributed by atoms with Gasteiger partial charge >= 0.3 is 0 Å². The van der Waals surface area contributed by atoms with Gasteiger partial charge in [-0.1, -0.05) is 6.07 Å². The molecule has 0 saturated heterocycles. The van der Waals surface area contributed by atoms with E-state index in [2.05, 4.69) is 25.9 Å². The van der Waals surface area contributed by atoms with Gasteiger partial charge in [0.05, 0.1) is 11.6 Å². The first kappa shape index (κ1) is 16.7. The number of nitrogens with one attached hydrogen (secondary N) is 3. The van der Waals surface area contributed by atoms with Gasteiger partial charge in [-0.15, -0.1) is 0 Å². The molecule has 2 amide bonds. The van der Waals surface area contributed by atoms with Crippen molar-refractivity contribution in [3.05, 3.63) is 36.0 Å². The molecule has 0 fully saturated rings. The van der Waals surface area contributed by atoms with Crippen LogP contribution < -0.4 is 21.7 Å². The van der Waals surface area contributed by atoms with E-state index in [1.165, 1.54) is 13.1 Å². The lowest BCUT2D eigenvalue weighted by atomic mass is 10.2. The lowest BCUT2D eigenvalue weighted by molar-refractivity contribution is -0.114. The summed E-state index contributed by atoms with van der Waals surface area (Å²) in [6.07, 6.45) is 1.27. The van der Waals surface area contributed by atoms with E-state index in [0.29, 0.717) is 11.4 Å². The number of carbonyl (C=O) groups excluding carboxylic acids is 2. The maximum atomic E-state index is 11.4. The molecule has 9 heteroatoms. The van der Waals surface area contributed by atoms with Crippen LogP contribution in [0.3, 0.4) is 0 Å². The highest BCUT2D eigenvalue weighted by atomic mass is 16.1. The third kappa shape index (κ3) is 4.41. The van der Waals surface area contributed by atoms with Crippen LogP contribution in [-0.4, -0.2) is 28.3 Å². The van der Waals surface area contributed by atoms with Gasteiger partial charge < -0.3 is 21.7 Å². The molecule has 1 aromatic carbocycles. The molecular formula is C15H15N7O2. The number of aromatic nitrogens is 2. The molecule has 2 aromatic rings. The molecule has 24 heavy (non-hydrogen) atoms. The van der Waals surface area contributed by atoms with Crippen LogP contribution in [0.5, 0.6) is 0 Å². The SMILES string of the molecule is CC(=O)Nc1cccc(Nc2ncc(C(N)=O)c(NCC#N)n2)c1. The third-order valence-corrected chi connectivity index (χ3v) is 2.83. The Kier molecular flexibility index (Phi) is 5.25. The Labute approximate surface area is 137 Å². The van der Waals surface area contributed by atoms with Crippen LogP contribution in [0.25, 0.3) is 0 Å². The fourth-order valence-corrected chi connectivity index (χ4v) is 1.89. The molecule has 0 atom stereocenters. The lowest BCUT2D eigenvalue weighted by Crippen LogP contribution is -2.17. The van der Waals surface area contributed by atoms with Crippen molar-refractivity contribution in [3.63, 3.8) is 0 Å². The van der Waals surface area contributed by atoms with Crippen molar-refractivity contribution in [2.75, 3.05) is 22.5 Å². The third-order valence-electron chi connectivity index (χ3n) is 2.83. The number of hydrogen-bond acceptors (Lipinski definition) is 7. The number of rotatable bonds is 6. The number of amides is 2. The predicted octanol–water partition coefficient (Wildman–Crippen LogP) is 1.21. The average Bonchev–Trinajstić information content (AvgIpc) is 2.52. The van der Waals surface area contributed by atoms with Crippen molar-refractivity contribution in [2.24, 2.45) is 5.73 Å². The average molecular weight is 325 g/mol. The zero-order valence-corrected chi connectivity index (χ0v) is 12.8. The highest BCUT2D eigenvalue weighted by Crippen LogP contribution is 2.20. The number of carbonyl (C=O) groups is 2. The molecule has 0 aliphatic rings. The predicted molar refractivity (Wildman–Crippen MR) is 88.7 cm³/mol. The normalized spacial score (nSPS) is 9.67. The lowest BCUT2D eigenvalue weighted by Gasteiger charge is -2.10. The minimum atomic E-state index is -0.699. The van der Waals surface area contributed by atoms with Gasteiger partial charge in [-0.2, -0.15) is 10.2 Å². The van der Waals surface area contributed by atoms with Crippen molar-refractivity contribution < 1.29 is 9.59 Å². The van der Waals surface area contributed by atoms with Gasteiger partial charge in [0.15, 0.2) is 0 Å². The van der Waals surface area contributed by atoms with E-state index in [1.807, 2.05) is 6.07 Å². The molecule has 0 bridgehead atoms. The summed E-state index contributed by atoms with van der Waals surface area (Å²) < 4.78 is 0. The molecule has 9 nitrogen and oxygen atoms in total. The zero-order valence-electron chi connectivity index (χ0n) is 12.8. The molecule has 0 unspecified atom stereocenters. The second kappa shape index (κ2) is 7.55. The second-order valence-electron chi connectivity index (χ2n) is 4.72. The molecule has 0 spiro atoms. The number of primary amides is 1. The minimum absolute atomic E-state index is 0.0330. The number of nitrogens with zero attached hydrogens (tertiary/aromatic N) is 3. The molecule has 0 saturated carbocycles. The molecule has 0 aliphatic heterocycles. The van der Waals surface area contributed by atoms with Crippen molar-refractivity contribution >= 4 is 35.0 Å². The Morgan fingerprint density at radius 2 is 2.08 bits per heavy atom. The Balaban J connectivity index is 2.25. The summed E-state index contributed by atoms with van der Waals surface area (Å²) >= 11 is 0. The van der Waals surface area contributed by atoms with E-state index in [1.54, 1.807) is 24.3 Å². The van der Waals surface area contributed by atoms with E-state index in [0.717, 1.165) is 0 Å². The van der Waals surface area contributed by atoms with E-state index < -0.39 is 5.91 Å². The maximum Gasteiger partial charge on any atom is 0.254 e. The molecular weight excluding hydrogens is 310 g/mol. The first-order valence-corrected chi connectivity index (χ1v) is 6.92. The number of anilines is 4. The number of nitriles is 1. The van der Waals surface area contributed by atoms with Crippen LogP contribution in [0.15, 0.2) is 30.5 Å². The summed E-state index contributed by atoms with van der Waals surface area (Å²) in [5, 5.41) is 17.0. The standard InChI is InChI=1S/C15H15N7O2/c1-9(23)20-10-3-2-4-11(7-10)21-15-19-8-12(13(17)24)14(22-15)18-6-5-16/h2-4,7-8H,6H2,1H3,(H2,17,24)(H,20,23)(H2,18,19,21,22). The Morgan fingerprint density at radius 1 is 1.33 bits per heavy atom. The summed E-state index contributed by atoms with van der Waals surface area (Å²) in [5.74, 6) is -0.508. The van der Waals surface area contributed by atoms with Gasteiger partial charge in [0.2, 0.25) is 11.9 Å². The Hall–Kier alpha value is -3.67. The van der Waals surface area contributed by atoms with Gasteiger partial charge in [-0.3, -0.25) is 9.59 Å².